The summed E-state index contributed by atoms with van der Waals surface area (Å²) in [5.41, 5.74) is 2.10. The number of hydrogen-bond acceptors (Lipinski definition) is 3. The van der Waals surface area contributed by atoms with Crippen molar-refractivity contribution in [2.24, 2.45) is 7.05 Å². The topological polar surface area (TPSA) is 42.7 Å². The molecule has 0 radical (unpaired) electrons. The van der Waals surface area contributed by atoms with Crippen LogP contribution in [0.5, 0.6) is 0 Å². The van der Waals surface area contributed by atoms with Gasteiger partial charge in [0.2, 0.25) is 0 Å². The molecule has 1 aromatic carbocycles. The van der Waals surface area contributed by atoms with Crippen LogP contribution in [0.15, 0.2) is 28.9 Å². The molecular formula is C11H12BrClN4. The summed E-state index contributed by atoms with van der Waals surface area (Å²) in [7, 11) is 3.77. The molecule has 6 heteroatoms. The molecule has 0 spiro atoms. The Balaban J connectivity index is 2.46. The number of halogens is 2. The maximum Gasteiger partial charge on any atom is 0.0798 e. The summed E-state index contributed by atoms with van der Waals surface area (Å²) < 4.78 is 2.72. The smallest absolute Gasteiger partial charge is 0.0798 e. The number of hydrogen-bond donors (Lipinski definition) is 1. The molecule has 1 heterocycles. The highest BCUT2D eigenvalue weighted by Crippen LogP contribution is 2.29. The molecule has 2 rings (SSSR count). The summed E-state index contributed by atoms with van der Waals surface area (Å²) in [6, 6.07) is 5.77. The lowest BCUT2D eigenvalue weighted by Gasteiger charge is -2.17. The Hall–Kier alpha value is -0.910. The zero-order chi connectivity index (χ0) is 12.4. The van der Waals surface area contributed by atoms with E-state index in [9.17, 15) is 0 Å². The minimum absolute atomic E-state index is 0.0293. The molecule has 1 aromatic heterocycles. The molecular weight excluding hydrogens is 304 g/mol. The summed E-state index contributed by atoms with van der Waals surface area (Å²) in [4.78, 5) is 0. The standard InChI is InChI=1S/C11H12BrClN4/c1-14-11(10-6-15-16-17(10)2)8-4-3-7(13)5-9(8)12/h3-6,11,14H,1-2H3. The van der Waals surface area contributed by atoms with Gasteiger partial charge in [0.05, 0.1) is 17.9 Å². The van der Waals surface area contributed by atoms with Crippen molar-refractivity contribution in [1.29, 1.82) is 0 Å². The van der Waals surface area contributed by atoms with Gasteiger partial charge in [-0.3, -0.25) is 4.68 Å². The zero-order valence-corrected chi connectivity index (χ0v) is 11.8. The molecule has 0 saturated heterocycles. The molecule has 1 atom stereocenters. The number of benzene rings is 1. The molecule has 0 fully saturated rings. The van der Waals surface area contributed by atoms with Gasteiger partial charge < -0.3 is 5.32 Å². The van der Waals surface area contributed by atoms with Crippen LogP contribution in [0.4, 0.5) is 0 Å². The van der Waals surface area contributed by atoms with E-state index in [0.29, 0.717) is 5.02 Å². The number of rotatable bonds is 3. The van der Waals surface area contributed by atoms with Crippen molar-refractivity contribution >= 4 is 27.5 Å². The lowest BCUT2D eigenvalue weighted by Crippen LogP contribution is -2.21. The first kappa shape index (κ1) is 12.5. The number of aromatic nitrogens is 3. The quantitative estimate of drug-likeness (QED) is 0.946. The Labute approximate surface area is 113 Å². The van der Waals surface area contributed by atoms with Crippen LogP contribution in [-0.4, -0.2) is 22.0 Å². The van der Waals surface area contributed by atoms with Gasteiger partial charge in [0.15, 0.2) is 0 Å². The van der Waals surface area contributed by atoms with Gasteiger partial charge in [0.25, 0.3) is 0 Å². The van der Waals surface area contributed by atoms with Gasteiger partial charge in [0, 0.05) is 16.5 Å². The molecule has 0 aliphatic rings. The van der Waals surface area contributed by atoms with Crippen LogP contribution >= 0.6 is 27.5 Å². The Morgan fingerprint density at radius 3 is 2.76 bits per heavy atom. The molecule has 17 heavy (non-hydrogen) atoms. The molecule has 0 aliphatic carbocycles. The average Bonchev–Trinajstić information content (AvgIpc) is 2.69. The van der Waals surface area contributed by atoms with E-state index in [0.717, 1.165) is 15.7 Å². The fourth-order valence-corrected chi connectivity index (χ4v) is 2.67. The Morgan fingerprint density at radius 2 is 2.24 bits per heavy atom. The molecule has 90 valence electrons. The predicted molar refractivity (Wildman–Crippen MR) is 71.1 cm³/mol. The van der Waals surface area contributed by atoms with Gasteiger partial charge in [-0.05, 0) is 24.7 Å². The highest BCUT2D eigenvalue weighted by atomic mass is 79.9. The lowest BCUT2D eigenvalue weighted by molar-refractivity contribution is 0.596. The molecule has 2 aromatic rings. The van der Waals surface area contributed by atoms with Crippen LogP contribution in [-0.2, 0) is 7.05 Å². The predicted octanol–water partition coefficient (Wildman–Crippen LogP) is 2.54. The van der Waals surface area contributed by atoms with E-state index >= 15 is 0 Å². The molecule has 0 amide bonds. The number of nitrogens with zero attached hydrogens (tertiary/aromatic N) is 3. The molecule has 1 unspecified atom stereocenters. The van der Waals surface area contributed by atoms with Crippen molar-refractivity contribution in [1.82, 2.24) is 20.3 Å². The van der Waals surface area contributed by atoms with Crippen molar-refractivity contribution in [3.05, 3.63) is 45.1 Å². The monoisotopic (exact) mass is 314 g/mol. The van der Waals surface area contributed by atoms with Gasteiger partial charge in [0.1, 0.15) is 0 Å². The SMILES string of the molecule is CNC(c1ccc(Cl)cc1Br)c1cnnn1C. The van der Waals surface area contributed by atoms with E-state index in [1.54, 1.807) is 10.9 Å². The number of nitrogens with one attached hydrogen (secondary N) is 1. The molecule has 4 nitrogen and oxygen atoms in total. The highest BCUT2D eigenvalue weighted by molar-refractivity contribution is 9.10. The van der Waals surface area contributed by atoms with E-state index in [-0.39, 0.29) is 6.04 Å². The summed E-state index contributed by atoms with van der Waals surface area (Å²) in [6.45, 7) is 0. The van der Waals surface area contributed by atoms with Crippen LogP contribution in [0.1, 0.15) is 17.3 Å². The average molecular weight is 316 g/mol. The zero-order valence-electron chi connectivity index (χ0n) is 9.48. The minimum Gasteiger partial charge on any atom is -0.308 e. The van der Waals surface area contributed by atoms with E-state index in [4.69, 9.17) is 11.6 Å². The first-order chi connectivity index (χ1) is 8.13. The van der Waals surface area contributed by atoms with Crippen molar-refractivity contribution in [2.75, 3.05) is 7.05 Å². The summed E-state index contributed by atoms with van der Waals surface area (Å²) in [5, 5.41) is 11.8. The third-order valence-corrected chi connectivity index (χ3v) is 3.53. The first-order valence-corrected chi connectivity index (χ1v) is 6.27. The number of aryl methyl sites for hydroxylation is 1. The minimum atomic E-state index is 0.0293. The maximum atomic E-state index is 5.94. The van der Waals surface area contributed by atoms with Gasteiger partial charge in [-0.15, -0.1) is 5.10 Å². The van der Waals surface area contributed by atoms with E-state index in [1.165, 1.54) is 0 Å². The van der Waals surface area contributed by atoms with Crippen molar-refractivity contribution in [2.45, 2.75) is 6.04 Å². The van der Waals surface area contributed by atoms with E-state index in [2.05, 4.69) is 31.6 Å². The van der Waals surface area contributed by atoms with Crippen LogP contribution in [0.3, 0.4) is 0 Å². The molecule has 0 saturated carbocycles. The Morgan fingerprint density at radius 1 is 1.47 bits per heavy atom. The van der Waals surface area contributed by atoms with Crippen LogP contribution < -0.4 is 5.32 Å². The second-order valence-corrected chi connectivity index (χ2v) is 4.96. The Kier molecular flexibility index (Phi) is 3.81. The van der Waals surface area contributed by atoms with E-state index in [1.807, 2.05) is 32.3 Å². The van der Waals surface area contributed by atoms with Gasteiger partial charge >= 0.3 is 0 Å². The third-order valence-electron chi connectivity index (χ3n) is 2.61. The summed E-state index contributed by atoms with van der Waals surface area (Å²) in [5.74, 6) is 0. The first-order valence-electron chi connectivity index (χ1n) is 5.10. The molecule has 0 bridgehead atoms. The van der Waals surface area contributed by atoms with Gasteiger partial charge in [-0.1, -0.05) is 38.8 Å². The fourth-order valence-electron chi connectivity index (χ4n) is 1.76. The summed E-state index contributed by atoms with van der Waals surface area (Å²) >= 11 is 9.46. The van der Waals surface area contributed by atoms with Gasteiger partial charge in [-0.2, -0.15) is 0 Å². The summed E-state index contributed by atoms with van der Waals surface area (Å²) in [6.07, 6.45) is 1.75. The third kappa shape index (κ3) is 2.51. The highest BCUT2D eigenvalue weighted by Gasteiger charge is 2.18. The van der Waals surface area contributed by atoms with E-state index < -0.39 is 0 Å². The second kappa shape index (κ2) is 5.16. The second-order valence-electron chi connectivity index (χ2n) is 3.67. The van der Waals surface area contributed by atoms with Crippen LogP contribution in [0.2, 0.25) is 5.02 Å². The van der Waals surface area contributed by atoms with Crippen molar-refractivity contribution in [3.63, 3.8) is 0 Å². The largest absolute Gasteiger partial charge is 0.308 e. The van der Waals surface area contributed by atoms with Crippen LogP contribution in [0.25, 0.3) is 0 Å². The van der Waals surface area contributed by atoms with Crippen molar-refractivity contribution in [3.8, 4) is 0 Å². The fraction of sp³-hybridized carbons (Fsp3) is 0.273. The lowest BCUT2D eigenvalue weighted by atomic mass is 10.0. The molecule has 0 aliphatic heterocycles. The van der Waals surface area contributed by atoms with Crippen LogP contribution in [0, 0.1) is 0 Å². The van der Waals surface area contributed by atoms with Crippen molar-refractivity contribution < 1.29 is 0 Å². The maximum absolute atomic E-state index is 5.94. The normalized spacial score (nSPS) is 12.7. The Bertz CT molecular complexity index is 526. The molecule has 1 N–H and O–H groups in total. The van der Waals surface area contributed by atoms with Gasteiger partial charge in [-0.25, -0.2) is 0 Å².